The SMILES string of the molecule is CCCOc1ccc(/C=N\NC(=O)C(=O)NCc2cccnc2)cc1OCC. The molecule has 0 fully saturated rings. The van der Waals surface area contributed by atoms with Gasteiger partial charge in [-0.1, -0.05) is 13.0 Å². The summed E-state index contributed by atoms with van der Waals surface area (Å²) in [5.41, 5.74) is 3.69. The highest BCUT2D eigenvalue weighted by molar-refractivity contribution is 6.35. The second-order valence-corrected chi connectivity index (χ2v) is 5.73. The van der Waals surface area contributed by atoms with Crippen molar-refractivity contribution in [3.63, 3.8) is 0 Å². The average Bonchev–Trinajstić information content (AvgIpc) is 2.72. The van der Waals surface area contributed by atoms with Crippen LogP contribution in [0, 0.1) is 0 Å². The number of benzene rings is 1. The zero-order valence-corrected chi connectivity index (χ0v) is 16.0. The summed E-state index contributed by atoms with van der Waals surface area (Å²) in [5.74, 6) is -0.382. The summed E-state index contributed by atoms with van der Waals surface area (Å²) in [6.45, 7) is 5.21. The Morgan fingerprint density at radius 2 is 2.00 bits per heavy atom. The van der Waals surface area contributed by atoms with Crippen LogP contribution in [0.4, 0.5) is 0 Å². The number of hydrogen-bond acceptors (Lipinski definition) is 6. The first-order valence-electron chi connectivity index (χ1n) is 9.03. The summed E-state index contributed by atoms with van der Waals surface area (Å²) < 4.78 is 11.2. The van der Waals surface area contributed by atoms with Crippen LogP contribution in [0.3, 0.4) is 0 Å². The third-order valence-electron chi connectivity index (χ3n) is 3.49. The van der Waals surface area contributed by atoms with Crippen molar-refractivity contribution in [1.82, 2.24) is 15.7 Å². The molecule has 1 aromatic heterocycles. The van der Waals surface area contributed by atoms with Gasteiger partial charge in [-0.3, -0.25) is 14.6 Å². The molecule has 2 N–H and O–H groups in total. The molecule has 8 heteroatoms. The Morgan fingerprint density at radius 1 is 1.14 bits per heavy atom. The van der Waals surface area contributed by atoms with Gasteiger partial charge in [0, 0.05) is 18.9 Å². The van der Waals surface area contributed by atoms with Crippen molar-refractivity contribution in [2.75, 3.05) is 13.2 Å². The van der Waals surface area contributed by atoms with E-state index in [-0.39, 0.29) is 6.54 Å². The quantitative estimate of drug-likeness (QED) is 0.391. The average molecular weight is 384 g/mol. The van der Waals surface area contributed by atoms with Crippen LogP contribution in [0.15, 0.2) is 47.8 Å². The molecule has 0 saturated carbocycles. The minimum Gasteiger partial charge on any atom is -0.490 e. The van der Waals surface area contributed by atoms with Gasteiger partial charge in [0.25, 0.3) is 0 Å². The molecule has 0 spiro atoms. The van der Waals surface area contributed by atoms with E-state index < -0.39 is 11.8 Å². The van der Waals surface area contributed by atoms with Gasteiger partial charge in [-0.15, -0.1) is 0 Å². The van der Waals surface area contributed by atoms with E-state index in [9.17, 15) is 9.59 Å². The third-order valence-corrected chi connectivity index (χ3v) is 3.49. The topological polar surface area (TPSA) is 102 Å². The third kappa shape index (κ3) is 6.71. The molecule has 0 radical (unpaired) electrons. The minimum absolute atomic E-state index is 0.209. The van der Waals surface area contributed by atoms with E-state index in [0.29, 0.717) is 30.3 Å². The highest BCUT2D eigenvalue weighted by Crippen LogP contribution is 2.28. The van der Waals surface area contributed by atoms with Gasteiger partial charge >= 0.3 is 11.8 Å². The standard InChI is InChI=1S/C20H24N4O4/c1-3-10-28-17-8-7-15(11-18(17)27-4-2)14-23-24-20(26)19(25)22-13-16-6-5-9-21-12-16/h5-9,11-12,14H,3-4,10,13H2,1-2H3,(H,22,25)(H,24,26)/b23-14-. The van der Waals surface area contributed by atoms with E-state index in [1.54, 1.807) is 42.7 Å². The Bertz CT molecular complexity index is 809. The molecule has 0 bridgehead atoms. The summed E-state index contributed by atoms with van der Waals surface area (Å²) in [4.78, 5) is 27.5. The molecule has 2 aromatic rings. The Morgan fingerprint density at radius 3 is 2.71 bits per heavy atom. The minimum atomic E-state index is -0.854. The van der Waals surface area contributed by atoms with Crippen LogP contribution < -0.4 is 20.2 Å². The number of pyridine rings is 1. The number of aromatic nitrogens is 1. The van der Waals surface area contributed by atoms with Crippen molar-refractivity contribution >= 4 is 18.0 Å². The molecule has 0 saturated heterocycles. The molecule has 0 aliphatic heterocycles. The van der Waals surface area contributed by atoms with Crippen LogP contribution in [0.25, 0.3) is 0 Å². The van der Waals surface area contributed by atoms with Crippen molar-refractivity contribution in [3.8, 4) is 11.5 Å². The van der Waals surface area contributed by atoms with Crippen molar-refractivity contribution in [1.29, 1.82) is 0 Å². The predicted molar refractivity (Wildman–Crippen MR) is 105 cm³/mol. The summed E-state index contributed by atoms with van der Waals surface area (Å²) >= 11 is 0. The number of ether oxygens (including phenoxy) is 2. The monoisotopic (exact) mass is 384 g/mol. The predicted octanol–water partition coefficient (Wildman–Crippen LogP) is 2.04. The molecule has 2 rings (SSSR count). The molecule has 148 valence electrons. The van der Waals surface area contributed by atoms with E-state index in [1.807, 2.05) is 13.8 Å². The van der Waals surface area contributed by atoms with E-state index in [4.69, 9.17) is 9.47 Å². The number of hydrazone groups is 1. The zero-order valence-electron chi connectivity index (χ0n) is 16.0. The molecule has 0 unspecified atom stereocenters. The van der Waals surface area contributed by atoms with Crippen LogP contribution in [-0.2, 0) is 16.1 Å². The lowest BCUT2D eigenvalue weighted by molar-refractivity contribution is -0.139. The van der Waals surface area contributed by atoms with Gasteiger partial charge in [-0.05, 0) is 48.7 Å². The van der Waals surface area contributed by atoms with Gasteiger partial charge in [0.15, 0.2) is 11.5 Å². The maximum absolute atomic E-state index is 11.8. The van der Waals surface area contributed by atoms with Gasteiger partial charge in [-0.2, -0.15) is 5.10 Å². The number of nitrogens with zero attached hydrogens (tertiary/aromatic N) is 2. The number of carbonyl (C=O) groups excluding carboxylic acids is 2. The van der Waals surface area contributed by atoms with E-state index >= 15 is 0 Å². The number of carbonyl (C=O) groups is 2. The second-order valence-electron chi connectivity index (χ2n) is 5.73. The zero-order chi connectivity index (χ0) is 20.2. The molecular formula is C20H24N4O4. The van der Waals surface area contributed by atoms with Crippen LogP contribution in [0.2, 0.25) is 0 Å². The van der Waals surface area contributed by atoms with Gasteiger partial charge in [0.2, 0.25) is 0 Å². The van der Waals surface area contributed by atoms with E-state index in [2.05, 4.69) is 20.8 Å². The Balaban J connectivity index is 1.89. The summed E-state index contributed by atoms with van der Waals surface area (Å²) in [7, 11) is 0. The Kier molecular flexibility index (Phi) is 8.45. The normalized spacial score (nSPS) is 10.5. The van der Waals surface area contributed by atoms with Gasteiger partial charge in [0.1, 0.15) is 0 Å². The van der Waals surface area contributed by atoms with Gasteiger partial charge < -0.3 is 14.8 Å². The fourth-order valence-electron chi connectivity index (χ4n) is 2.19. The maximum Gasteiger partial charge on any atom is 0.329 e. The van der Waals surface area contributed by atoms with Crippen molar-refractivity contribution in [2.24, 2.45) is 5.10 Å². The summed E-state index contributed by atoms with van der Waals surface area (Å²) in [5, 5.41) is 6.32. The Labute approximate surface area is 164 Å². The van der Waals surface area contributed by atoms with Crippen LogP contribution >= 0.6 is 0 Å². The molecule has 1 heterocycles. The number of nitrogens with one attached hydrogen (secondary N) is 2. The summed E-state index contributed by atoms with van der Waals surface area (Å²) in [6, 6.07) is 8.87. The lowest BCUT2D eigenvalue weighted by atomic mass is 10.2. The maximum atomic E-state index is 11.8. The highest BCUT2D eigenvalue weighted by atomic mass is 16.5. The fourth-order valence-corrected chi connectivity index (χ4v) is 2.19. The molecule has 1 aromatic carbocycles. The largest absolute Gasteiger partial charge is 0.490 e. The molecule has 8 nitrogen and oxygen atoms in total. The van der Waals surface area contributed by atoms with Crippen LogP contribution in [0.1, 0.15) is 31.4 Å². The van der Waals surface area contributed by atoms with Gasteiger partial charge in [0.05, 0.1) is 19.4 Å². The lowest BCUT2D eigenvalue weighted by Crippen LogP contribution is -2.37. The van der Waals surface area contributed by atoms with Crippen molar-refractivity contribution in [3.05, 3.63) is 53.9 Å². The molecule has 0 aliphatic carbocycles. The van der Waals surface area contributed by atoms with Crippen molar-refractivity contribution < 1.29 is 19.1 Å². The number of hydrogen-bond donors (Lipinski definition) is 2. The van der Waals surface area contributed by atoms with Crippen molar-refractivity contribution in [2.45, 2.75) is 26.8 Å². The molecular weight excluding hydrogens is 360 g/mol. The van der Waals surface area contributed by atoms with E-state index in [1.165, 1.54) is 6.21 Å². The fraction of sp³-hybridized carbons (Fsp3) is 0.300. The van der Waals surface area contributed by atoms with Crippen LogP contribution in [0.5, 0.6) is 11.5 Å². The first-order valence-corrected chi connectivity index (χ1v) is 9.03. The molecule has 28 heavy (non-hydrogen) atoms. The Hall–Kier alpha value is -3.42. The molecule has 2 amide bonds. The second kappa shape index (κ2) is 11.3. The first-order chi connectivity index (χ1) is 13.6. The number of rotatable bonds is 9. The number of amides is 2. The van der Waals surface area contributed by atoms with Crippen LogP contribution in [-0.4, -0.2) is 36.2 Å². The molecule has 0 aliphatic rings. The first kappa shape index (κ1) is 20.9. The summed E-state index contributed by atoms with van der Waals surface area (Å²) in [6.07, 6.45) is 5.56. The lowest BCUT2D eigenvalue weighted by Gasteiger charge is -2.11. The molecule has 0 atom stereocenters. The highest BCUT2D eigenvalue weighted by Gasteiger charge is 2.12. The smallest absolute Gasteiger partial charge is 0.329 e. The van der Waals surface area contributed by atoms with Gasteiger partial charge in [-0.25, -0.2) is 5.43 Å². The van der Waals surface area contributed by atoms with E-state index in [0.717, 1.165) is 12.0 Å².